The molecule has 0 unspecified atom stereocenters. The third-order valence-corrected chi connectivity index (χ3v) is 2.06. The fourth-order valence-electron chi connectivity index (χ4n) is 1.24. The molecule has 0 spiro atoms. The van der Waals surface area contributed by atoms with Gasteiger partial charge in [-0.1, -0.05) is 13.3 Å². The molecule has 0 radical (unpaired) electrons. The maximum absolute atomic E-state index is 11.4. The molecule has 5 nitrogen and oxygen atoms in total. The van der Waals surface area contributed by atoms with Crippen LogP contribution in [0, 0.1) is 0 Å². The zero-order valence-electron chi connectivity index (χ0n) is 11.2. The largest absolute Gasteiger partial charge is 0.466 e. The zero-order chi connectivity index (χ0) is 13.3. The molecule has 1 N–H and O–H groups in total. The number of nitrogens with one attached hydrogen (secondary N) is 1. The van der Waals surface area contributed by atoms with E-state index in [1.54, 1.807) is 20.8 Å². The summed E-state index contributed by atoms with van der Waals surface area (Å²) in [6.07, 6.45) is 1.45. The van der Waals surface area contributed by atoms with E-state index in [2.05, 4.69) is 5.32 Å². The second kappa shape index (κ2) is 7.92. The Morgan fingerprint density at radius 1 is 1.18 bits per heavy atom. The smallest absolute Gasteiger partial charge is 0.407 e. The minimum atomic E-state index is -0.657. The summed E-state index contributed by atoms with van der Waals surface area (Å²) in [7, 11) is 0. The molecule has 0 aliphatic carbocycles. The van der Waals surface area contributed by atoms with Gasteiger partial charge in [0.05, 0.1) is 19.6 Å². The van der Waals surface area contributed by atoms with E-state index in [-0.39, 0.29) is 12.4 Å². The van der Waals surface area contributed by atoms with Gasteiger partial charge < -0.3 is 14.8 Å². The van der Waals surface area contributed by atoms with Gasteiger partial charge in [-0.2, -0.15) is 0 Å². The van der Waals surface area contributed by atoms with Crippen LogP contribution in [-0.2, 0) is 14.3 Å². The lowest BCUT2D eigenvalue weighted by molar-refractivity contribution is -0.144. The Balaban J connectivity index is 3.97. The highest BCUT2D eigenvalue weighted by atomic mass is 16.5. The average molecular weight is 245 g/mol. The molecule has 0 aromatic heterocycles. The van der Waals surface area contributed by atoms with Crippen LogP contribution in [0.1, 0.15) is 47.0 Å². The predicted octanol–water partition coefficient (Wildman–Crippen LogP) is 2.24. The van der Waals surface area contributed by atoms with Gasteiger partial charge in [0.2, 0.25) is 0 Å². The highest BCUT2D eigenvalue weighted by Crippen LogP contribution is 2.09. The van der Waals surface area contributed by atoms with Crippen LogP contribution in [0.3, 0.4) is 0 Å². The fraction of sp³-hybridized carbons (Fsp3) is 0.833. The van der Waals surface area contributed by atoms with Crippen molar-refractivity contribution in [2.24, 2.45) is 0 Å². The molecule has 0 bridgehead atoms. The number of carbonyl (C=O) groups is 2. The van der Waals surface area contributed by atoms with Gasteiger partial charge in [0.25, 0.3) is 0 Å². The van der Waals surface area contributed by atoms with Crippen molar-refractivity contribution >= 4 is 12.1 Å². The Hall–Kier alpha value is -1.26. The van der Waals surface area contributed by atoms with Crippen molar-refractivity contribution < 1.29 is 19.1 Å². The molecule has 17 heavy (non-hydrogen) atoms. The first-order valence-corrected chi connectivity index (χ1v) is 6.02. The molecular weight excluding hydrogens is 222 g/mol. The second-order valence-corrected chi connectivity index (χ2v) is 4.48. The van der Waals surface area contributed by atoms with E-state index in [4.69, 9.17) is 9.47 Å². The summed E-state index contributed by atoms with van der Waals surface area (Å²) in [4.78, 5) is 22.7. The third kappa shape index (κ3) is 8.54. The van der Waals surface area contributed by atoms with Crippen LogP contribution < -0.4 is 5.32 Å². The third-order valence-electron chi connectivity index (χ3n) is 2.06. The van der Waals surface area contributed by atoms with Gasteiger partial charge in [0, 0.05) is 5.54 Å². The average Bonchev–Trinajstić information content (AvgIpc) is 2.16. The maximum Gasteiger partial charge on any atom is 0.407 e. The van der Waals surface area contributed by atoms with Gasteiger partial charge in [-0.05, 0) is 27.2 Å². The van der Waals surface area contributed by atoms with Crippen LogP contribution in [0.2, 0.25) is 0 Å². The number of esters is 1. The summed E-state index contributed by atoms with van der Waals surface area (Å²) in [5.41, 5.74) is -0.657. The van der Waals surface area contributed by atoms with Gasteiger partial charge in [0.1, 0.15) is 0 Å². The van der Waals surface area contributed by atoms with Crippen LogP contribution >= 0.6 is 0 Å². The SMILES string of the molecule is CCCCOC(=O)NC(C)(C)CC(=O)OCC. The van der Waals surface area contributed by atoms with Crippen LogP contribution in [0.25, 0.3) is 0 Å². The summed E-state index contributed by atoms with van der Waals surface area (Å²) >= 11 is 0. The van der Waals surface area contributed by atoms with Gasteiger partial charge in [-0.3, -0.25) is 4.79 Å². The molecule has 0 saturated carbocycles. The molecule has 0 heterocycles. The van der Waals surface area contributed by atoms with Crippen molar-refractivity contribution in [3.8, 4) is 0 Å². The summed E-state index contributed by atoms with van der Waals surface area (Å²) < 4.78 is 9.78. The van der Waals surface area contributed by atoms with Crippen molar-refractivity contribution in [3.05, 3.63) is 0 Å². The van der Waals surface area contributed by atoms with E-state index in [1.807, 2.05) is 6.92 Å². The number of alkyl carbamates (subject to hydrolysis) is 1. The molecule has 0 fully saturated rings. The van der Waals surface area contributed by atoms with Crippen molar-refractivity contribution in [1.82, 2.24) is 5.32 Å². The number of hydrogen-bond donors (Lipinski definition) is 1. The molecule has 0 aliphatic heterocycles. The first-order valence-electron chi connectivity index (χ1n) is 6.02. The van der Waals surface area contributed by atoms with E-state index in [9.17, 15) is 9.59 Å². The summed E-state index contributed by atoms with van der Waals surface area (Å²) in [5, 5.41) is 2.64. The fourth-order valence-corrected chi connectivity index (χ4v) is 1.24. The lowest BCUT2D eigenvalue weighted by Gasteiger charge is -2.24. The van der Waals surface area contributed by atoms with Crippen LogP contribution in [0.5, 0.6) is 0 Å². The van der Waals surface area contributed by atoms with Crippen LogP contribution in [0.15, 0.2) is 0 Å². The number of ether oxygens (including phenoxy) is 2. The molecule has 0 aromatic rings. The van der Waals surface area contributed by atoms with Crippen molar-refractivity contribution in [2.45, 2.75) is 52.5 Å². The maximum atomic E-state index is 11.4. The van der Waals surface area contributed by atoms with E-state index in [1.165, 1.54) is 0 Å². The lowest BCUT2D eigenvalue weighted by atomic mass is 10.0. The molecular formula is C12H23NO4. The van der Waals surface area contributed by atoms with E-state index in [0.717, 1.165) is 12.8 Å². The van der Waals surface area contributed by atoms with Gasteiger partial charge in [-0.25, -0.2) is 4.79 Å². The zero-order valence-corrected chi connectivity index (χ0v) is 11.2. The molecule has 0 rings (SSSR count). The van der Waals surface area contributed by atoms with Crippen molar-refractivity contribution in [1.29, 1.82) is 0 Å². The second-order valence-electron chi connectivity index (χ2n) is 4.48. The molecule has 0 atom stereocenters. The molecule has 1 amide bonds. The number of unbranched alkanes of at least 4 members (excludes halogenated alkanes) is 1. The molecule has 0 saturated heterocycles. The normalized spacial score (nSPS) is 10.8. The number of hydrogen-bond acceptors (Lipinski definition) is 4. The highest BCUT2D eigenvalue weighted by molar-refractivity contribution is 5.73. The minimum Gasteiger partial charge on any atom is -0.466 e. The van der Waals surface area contributed by atoms with E-state index < -0.39 is 11.6 Å². The molecule has 5 heteroatoms. The Labute approximate surface area is 103 Å². The number of carbonyl (C=O) groups excluding carboxylic acids is 2. The lowest BCUT2D eigenvalue weighted by Crippen LogP contribution is -2.45. The first kappa shape index (κ1) is 15.7. The Bertz CT molecular complexity index is 251. The summed E-state index contributed by atoms with van der Waals surface area (Å²) in [6, 6.07) is 0. The minimum absolute atomic E-state index is 0.129. The Morgan fingerprint density at radius 2 is 1.82 bits per heavy atom. The first-order chi connectivity index (χ1) is 7.91. The Morgan fingerprint density at radius 3 is 2.35 bits per heavy atom. The molecule has 100 valence electrons. The summed E-state index contributed by atoms with van der Waals surface area (Å²) in [6.45, 7) is 8.02. The Kier molecular flexibility index (Phi) is 7.34. The standard InChI is InChI=1S/C12H23NO4/c1-5-7-8-17-11(15)13-12(3,4)9-10(14)16-6-2/h5-9H2,1-4H3,(H,13,15). The van der Waals surface area contributed by atoms with Gasteiger partial charge >= 0.3 is 12.1 Å². The highest BCUT2D eigenvalue weighted by Gasteiger charge is 2.25. The summed E-state index contributed by atoms with van der Waals surface area (Å²) in [5.74, 6) is -0.327. The van der Waals surface area contributed by atoms with Crippen LogP contribution in [0.4, 0.5) is 4.79 Å². The van der Waals surface area contributed by atoms with E-state index >= 15 is 0 Å². The molecule has 0 aliphatic rings. The predicted molar refractivity (Wildman–Crippen MR) is 64.7 cm³/mol. The van der Waals surface area contributed by atoms with Gasteiger partial charge in [0.15, 0.2) is 0 Å². The van der Waals surface area contributed by atoms with Gasteiger partial charge in [-0.15, -0.1) is 0 Å². The monoisotopic (exact) mass is 245 g/mol. The van der Waals surface area contributed by atoms with Crippen molar-refractivity contribution in [3.63, 3.8) is 0 Å². The number of amides is 1. The van der Waals surface area contributed by atoms with E-state index in [0.29, 0.717) is 13.2 Å². The molecule has 0 aromatic carbocycles. The quantitative estimate of drug-likeness (QED) is 0.552. The number of rotatable bonds is 7. The topological polar surface area (TPSA) is 64.6 Å². The van der Waals surface area contributed by atoms with Crippen molar-refractivity contribution in [2.75, 3.05) is 13.2 Å². The van der Waals surface area contributed by atoms with Crippen LogP contribution in [-0.4, -0.2) is 30.8 Å².